The summed E-state index contributed by atoms with van der Waals surface area (Å²) in [5.41, 5.74) is 8.30. The Bertz CT molecular complexity index is 542. The Kier molecular flexibility index (Phi) is 3.29. The van der Waals surface area contributed by atoms with Crippen LogP contribution in [0.4, 0.5) is 0 Å². The van der Waals surface area contributed by atoms with Crippen molar-refractivity contribution in [3.8, 4) is 0 Å². The van der Waals surface area contributed by atoms with Crippen molar-refractivity contribution in [2.45, 2.75) is 20.3 Å². The fourth-order valence-corrected chi connectivity index (χ4v) is 2.22. The molecule has 90 valence electrons. The molecule has 1 atom stereocenters. The fraction of sp³-hybridized carbons (Fsp3) is 0.357. The summed E-state index contributed by atoms with van der Waals surface area (Å²) in [4.78, 5) is 15.6. The number of aromatic nitrogens is 1. The minimum absolute atomic E-state index is 0.0158. The van der Waals surface area contributed by atoms with Crippen molar-refractivity contribution in [2.24, 2.45) is 11.7 Å². The molecule has 17 heavy (non-hydrogen) atoms. The molecule has 3 nitrogen and oxygen atoms in total. The largest absolute Gasteiger partial charge is 0.358 e. The first kappa shape index (κ1) is 11.9. The number of hydrogen-bond donors (Lipinski definition) is 2. The topological polar surface area (TPSA) is 58.9 Å². The highest BCUT2D eigenvalue weighted by atomic mass is 16.1. The molecule has 0 bridgehead atoms. The lowest BCUT2D eigenvalue weighted by molar-refractivity contribution is 0.0926. The molecule has 1 aromatic carbocycles. The van der Waals surface area contributed by atoms with Crippen LogP contribution in [0.2, 0.25) is 0 Å². The van der Waals surface area contributed by atoms with E-state index >= 15 is 0 Å². The Balaban J connectivity index is 2.47. The normalized spacial score (nSPS) is 12.9. The highest BCUT2D eigenvalue weighted by Crippen LogP contribution is 2.25. The van der Waals surface area contributed by atoms with E-state index in [0.717, 1.165) is 28.6 Å². The van der Waals surface area contributed by atoms with Gasteiger partial charge in [-0.2, -0.15) is 0 Å². The molecular weight excluding hydrogens is 212 g/mol. The maximum atomic E-state index is 12.4. The number of carbonyl (C=O) groups is 1. The third-order valence-corrected chi connectivity index (χ3v) is 3.19. The molecule has 1 heterocycles. The molecular formula is C14H18N2O. The van der Waals surface area contributed by atoms with Crippen LogP contribution in [0.15, 0.2) is 24.3 Å². The summed E-state index contributed by atoms with van der Waals surface area (Å²) in [7, 11) is 0. The zero-order valence-electron chi connectivity index (χ0n) is 10.3. The average molecular weight is 230 g/mol. The minimum atomic E-state index is -0.0158. The maximum Gasteiger partial charge on any atom is 0.168 e. The van der Waals surface area contributed by atoms with Crippen LogP contribution in [-0.4, -0.2) is 17.3 Å². The van der Waals surface area contributed by atoms with Gasteiger partial charge in [0, 0.05) is 28.1 Å². The molecule has 0 saturated heterocycles. The molecule has 3 N–H and O–H groups in total. The van der Waals surface area contributed by atoms with Gasteiger partial charge in [-0.1, -0.05) is 25.1 Å². The molecule has 1 aromatic heterocycles. The third kappa shape index (κ3) is 2.11. The van der Waals surface area contributed by atoms with Crippen LogP contribution in [0.5, 0.6) is 0 Å². The number of aryl methyl sites for hydroxylation is 1. The molecule has 0 aliphatic carbocycles. The Morgan fingerprint density at radius 3 is 2.82 bits per heavy atom. The fourth-order valence-electron chi connectivity index (χ4n) is 2.22. The number of rotatable bonds is 4. The number of nitrogens with two attached hydrogens (primary N) is 1. The number of ketones is 1. The van der Waals surface area contributed by atoms with Gasteiger partial charge in [0.25, 0.3) is 0 Å². The van der Waals surface area contributed by atoms with Crippen LogP contribution < -0.4 is 5.73 Å². The van der Waals surface area contributed by atoms with Crippen LogP contribution in [0.25, 0.3) is 10.9 Å². The van der Waals surface area contributed by atoms with Gasteiger partial charge in [0.05, 0.1) is 0 Å². The molecule has 2 rings (SSSR count). The van der Waals surface area contributed by atoms with Gasteiger partial charge in [-0.15, -0.1) is 0 Å². The number of benzene rings is 1. The lowest BCUT2D eigenvalue weighted by Crippen LogP contribution is -2.16. The lowest BCUT2D eigenvalue weighted by Gasteiger charge is -2.08. The van der Waals surface area contributed by atoms with E-state index in [0.29, 0.717) is 6.54 Å². The van der Waals surface area contributed by atoms with Gasteiger partial charge >= 0.3 is 0 Å². The summed E-state index contributed by atoms with van der Waals surface area (Å²) in [5, 5.41) is 1.01. The zero-order chi connectivity index (χ0) is 12.4. The van der Waals surface area contributed by atoms with Gasteiger partial charge in [-0.3, -0.25) is 4.79 Å². The highest BCUT2D eigenvalue weighted by molar-refractivity contribution is 6.10. The van der Waals surface area contributed by atoms with Crippen LogP contribution in [-0.2, 0) is 0 Å². The van der Waals surface area contributed by atoms with Gasteiger partial charge in [0.2, 0.25) is 0 Å². The number of nitrogens with one attached hydrogen (secondary N) is 1. The van der Waals surface area contributed by atoms with Crippen molar-refractivity contribution in [1.82, 2.24) is 4.98 Å². The van der Waals surface area contributed by atoms with Crippen molar-refractivity contribution in [3.05, 3.63) is 35.5 Å². The second-order valence-electron chi connectivity index (χ2n) is 4.51. The van der Waals surface area contributed by atoms with Crippen molar-refractivity contribution >= 4 is 16.7 Å². The summed E-state index contributed by atoms with van der Waals surface area (Å²) in [6, 6.07) is 7.91. The van der Waals surface area contributed by atoms with E-state index in [1.54, 1.807) is 0 Å². The summed E-state index contributed by atoms with van der Waals surface area (Å²) >= 11 is 0. The Morgan fingerprint density at radius 2 is 2.12 bits per heavy atom. The molecule has 0 saturated carbocycles. The number of Topliss-reactive ketones (excluding diaryl/α,β-unsaturated/α-hetero) is 1. The zero-order valence-corrected chi connectivity index (χ0v) is 10.3. The first-order valence-corrected chi connectivity index (χ1v) is 5.96. The SMILES string of the molecule is Cc1[nH]c2ccccc2c1C(=O)C(C)CCN. The van der Waals surface area contributed by atoms with E-state index in [2.05, 4.69) is 4.98 Å². The van der Waals surface area contributed by atoms with Crippen molar-refractivity contribution in [1.29, 1.82) is 0 Å². The predicted molar refractivity (Wildman–Crippen MR) is 70.2 cm³/mol. The number of H-pyrrole nitrogens is 1. The number of aromatic amines is 1. The van der Waals surface area contributed by atoms with E-state index in [1.807, 2.05) is 38.1 Å². The predicted octanol–water partition coefficient (Wildman–Crippen LogP) is 2.64. The molecule has 1 unspecified atom stereocenters. The average Bonchev–Trinajstić information content (AvgIpc) is 2.64. The maximum absolute atomic E-state index is 12.4. The first-order chi connectivity index (χ1) is 8.15. The smallest absolute Gasteiger partial charge is 0.168 e. The third-order valence-electron chi connectivity index (χ3n) is 3.19. The standard InChI is InChI=1S/C14H18N2O/c1-9(7-8-15)14(17)13-10(2)16-12-6-4-3-5-11(12)13/h3-6,9,16H,7-8,15H2,1-2H3. The van der Waals surface area contributed by atoms with Gasteiger partial charge in [-0.05, 0) is 26.0 Å². The van der Waals surface area contributed by atoms with Crippen molar-refractivity contribution in [2.75, 3.05) is 6.54 Å². The van der Waals surface area contributed by atoms with Gasteiger partial charge in [-0.25, -0.2) is 0 Å². The number of hydrogen-bond acceptors (Lipinski definition) is 2. The van der Waals surface area contributed by atoms with E-state index < -0.39 is 0 Å². The van der Waals surface area contributed by atoms with Crippen LogP contribution in [0, 0.1) is 12.8 Å². The van der Waals surface area contributed by atoms with E-state index in [4.69, 9.17) is 5.73 Å². The van der Waals surface area contributed by atoms with E-state index in [-0.39, 0.29) is 11.7 Å². The molecule has 0 fully saturated rings. The van der Waals surface area contributed by atoms with Crippen molar-refractivity contribution < 1.29 is 4.79 Å². The second-order valence-corrected chi connectivity index (χ2v) is 4.51. The summed E-state index contributed by atoms with van der Waals surface area (Å²) < 4.78 is 0. The quantitative estimate of drug-likeness (QED) is 0.793. The second kappa shape index (κ2) is 4.72. The minimum Gasteiger partial charge on any atom is -0.358 e. The summed E-state index contributed by atoms with van der Waals surface area (Å²) in [5.74, 6) is 0.170. The van der Waals surface area contributed by atoms with Crippen LogP contribution >= 0.6 is 0 Å². The summed E-state index contributed by atoms with van der Waals surface area (Å²) in [6.07, 6.45) is 0.734. The Morgan fingerprint density at radius 1 is 1.41 bits per heavy atom. The van der Waals surface area contributed by atoms with Gasteiger partial charge in [0.1, 0.15) is 0 Å². The molecule has 0 aliphatic heterocycles. The molecule has 0 amide bonds. The molecule has 0 spiro atoms. The van der Waals surface area contributed by atoms with Gasteiger partial charge < -0.3 is 10.7 Å². The Hall–Kier alpha value is -1.61. The number of fused-ring (bicyclic) bond motifs is 1. The van der Waals surface area contributed by atoms with E-state index in [9.17, 15) is 4.79 Å². The molecule has 3 heteroatoms. The van der Waals surface area contributed by atoms with Crippen molar-refractivity contribution in [3.63, 3.8) is 0 Å². The molecule has 0 radical (unpaired) electrons. The number of carbonyl (C=O) groups excluding carboxylic acids is 1. The molecule has 2 aromatic rings. The first-order valence-electron chi connectivity index (χ1n) is 5.96. The van der Waals surface area contributed by atoms with Gasteiger partial charge in [0.15, 0.2) is 5.78 Å². The number of para-hydroxylation sites is 1. The van der Waals surface area contributed by atoms with E-state index in [1.165, 1.54) is 0 Å². The molecule has 0 aliphatic rings. The Labute approximate surface area is 101 Å². The van der Waals surface area contributed by atoms with Crippen LogP contribution in [0.3, 0.4) is 0 Å². The summed E-state index contributed by atoms with van der Waals surface area (Å²) in [6.45, 7) is 4.44. The highest BCUT2D eigenvalue weighted by Gasteiger charge is 2.20. The lowest BCUT2D eigenvalue weighted by atomic mass is 9.94. The monoisotopic (exact) mass is 230 g/mol. The van der Waals surface area contributed by atoms with Crippen LogP contribution in [0.1, 0.15) is 29.4 Å².